The van der Waals surface area contributed by atoms with Crippen LogP contribution in [-0.2, 0) is 14.3 Å². The molecule has 1 aliphatic carbocycles. The van der Waals surface area contributed by atoms with Crippen LogP contribution in [0.15, 0.2) is 24.3 Å². The van der Waals surface area contributed by atoms with E-state index in [4.69, 9.17) is 9.47 Å². The van der Waals surface area contributed by atoms with Crippen LogP contribution in [0.3, 0.4) is 0 Å². The number of carbonyl (C=O) groups excluding carboxylic acids is 1. The lowest BCUT2D eigenvalue weighted by Crippen LogP contribution is -2.34. The van der Waals surface area contributed by atoms with Gasteiger partial charge in [0.05, 0.1) is 12.0 Å². The molecule has 0 unspecified atom stereocenters. The minimum Gasteiger partial charge on any atom is -0.346 e. The average molecular weight is 196 g/mol. The van der Waals surface area contributed by atoms with Crippen LogP contribution < -0.4 is 0 Å². The Morgan fingerprint density at radius 1 is 1.36 bits per heavy atom. The maximum absolute atomic E-state index is 10.5. The third-order valence-electron chi connectivity index (χ3n) is 2.00. The Morgan fingerprint density at radius 3 is 2.29 bits per heavy atom. The van der Waals surface area contributed by atoms with Crippen LogP contribution in [0.25, 0.3) is 0 Å². The molecule has 0 radical (unpaired) electrons. The molecule has 0 aromatic rings. The van der Waals surface area contributed by atoms with Gasteiger partial charge in [-0.3, -0.25) is 0 Å². The molecule has 14 heavy (non-hydrogen) atoms. The Labute approximate surface area is 84.4 Å². The van der Waals surface area contributed by atoms with Gasteiger partial charge in [0.1, 0.15) is 6.29 Å². The molecule has 0 aromatic heterocycles. The van der Waals surface area contributed by atoms with E-state index in [2.05, 4.69) is 0 Å². The van der Waals surface area contributed by atoms with E-state index in [-0.39, 0.29) is 12.0 Å². The van der Waals surface area contributed by atoms with Crippen LogP contribution in [-0.4, -0.2) is 25.3 Å². The molecule has 0 aliphatic heterocycles. The average Bonchev–Trinajstić information content (AvgIpc) is 2.18. The second-order valence-corrected chi connectivity index (χ2v) is 3.52. The first-order valence-electron chi connectivity index (χ1n) is 4.69. The summed E-state index contributed by atoms with van der Waals surface area (Å²) in [7, 11) is 1.58. The van der Waals surface area contributed by atoms with Gasteiger partial charge in [0.2, 0.25) is 5.79 Å². The first kappa shape index (κ1) is 11.1. The number of hydrogen-bond donors (Lipinski definition) is 0. The number of methoxy groups -OCH3 is 1. The van der Waals surface area contributed by atoms with Crippen LogP contribution in [0, 0.1) is 5.92 Å². The van der Waals surface area contributed by atoms with E-state index in [0.29, 0.717) is 0 Å². The fourth-order valence-corrected chi connectivity index (χ4v) is 1.33. The summed E-state index contributed by atoms with van der Waals surface area (Å²) in [6, 6.07) is 0. The Balaban J connectivity index is 2.74. The zero-order valence-corrected chi connectivity index (χ0v) is 8.77. The van der Waals surface area contributed by atoms with Crippen LogP contribution >= 0.6 is 0 Å². The summed E-state index contributed by atoms with van der Waals surface area (Å²) in [4.78, 5) is 10.5. The van der Waals surface area contributed by atoms with Gasteiger partial charge in [0, 0.05) is 7.11 Å². The van der Waals surface area contributed by atoms with Gasteiger partial charge in [-0.25, -0.2) is 0 Å². The van der Waals surface area contributed by atoms with Gasteiger partial charge in [-0.05, 0) is 26.0 Å². The lowest BCUT2D eigenvalue weighted by atomic mass is 10.0. The molecule has 3 nitrogen and oxygen atoms in total. The summed E-state index contributed by atoms with van der Waals surface area (Å²) in [6.45, 7) is 3.88. The molecule has 0 spiro atoms. The van der Waals surface area contributed by atoms with Crippen molar-refractivity contribution in [3.8, 4) is 0 Å². The van der Waals surface area contributed by atoms with Crippen molar-refractivity contribution >= 4 is 6.29 Å². The highest BCUT2D eigenvalue weighted by atomic mass is 16.7. The van der Waals surface area contributed by atoms with Crippen molar-refractivity contribution < 1.29 is 14.3 Å². The molecule has 0 saturated carbocycles. The largest absolute Gasteiger partial charge is 0.346 e. The molecule has 3 heteroatoms. The highest BCUT2D eigenvalue weighted by Gasteiger charge is 2.28. The lowest BCUT2D eigenvalue weighted by Gasteiger charge is -2.30. The van der Waals surface area contributed by atoms with Gasteiger partial charge >= 0.3 is 0 Å². The lowest BCUT2D eigenvalue weighted by molar-refractivity contribution is -0.175. The number of allylic oxidation sites excluding steroid dienone is 2. The van der Waals surface area contributed by atoms with Crippen molar-refractivity contribution in [2.75, 3.05) is 7.11 Å². The maximum Gasteiger partial charge on any atom is 0.207 e. The van der Waals surface area contributed by atoms with Crippen molar-refractivity contribution in [3.63, 3.8) is 0 Å². The highest BCUT2D eigenvalue weighted by Crippen LogP contribution is 2.24. The van der Waals surface area contributed by atoms with Gasteiger partial charge in [-0.1, -0.05) is 12.2 Å². The summed E-state index contributed by atoms with van der Waals surface area (Å²) in [6.07, 6.45) is 8.04. The number of carbonyl (C=O) groups is 1. The molecule has 0 aromatic carbocycles. The van der Waals surface area contributed by atoms with Crippen LogP contribution in [0.1, 0.15) is 13.8 Å². The Morgan fingerprint density at radius 2 is 1.93 bits per heavy atom. The second-order valence-electron chi connectivity index (χ2n) is 3.52. The molecule has 0 bridgehead atoms. The van der Waals surface area contributed by atoms with E-state index < -0.39 is 5.79 Å². The topological polar surface area (TPSA) is 35.5 Å². The zero-order chi connectivity index (χ0) is 10.6. The van der Waals surface area contributed by atoms with Crippen molar-refractivity contribution in [1.29, 1.82) is 0 Å². The molecule has 0 atom stereocenters. The van der Waals surface area contributed by atoms with Gasteiger partial charge < -0.3 is 14.3 Å². The second kappa shape index (κ2) is 4.53. The maximum atomic E-state index is 10.5. The molecule has 78 valence electrons. The van der Waals surface area contributed by atoms with Crippen LogP contribution in [0.5, 0.6) is 0 Å². The van der Waals surface area contributed by atoms with Gasteiger partial charge in [-0.2, -0.15) is 0 Å². The minimum atomic E-state index is -0.798. The van der Waals surface area contributed by atoms with Crippen molar-refractivity contribution in [3.05, 3.63) is 24.3 Å². The van der Waals surface area contributed by atoms with Crippen LogP contribution in [0.4, 0.5) is 0 Å². The third-order valence-corrected chi connectivity index (χ3v) is 2.00. The minimum absolute atomic E-state index is 0.0667. The number of rotatable bonds is 4. The first-order valence-corrected chi connectivity index (χ1v) is 4.69. The van der Waals surface area contributed by atoms with Gasteiger partial charge in [0.15, 0.2) is 0 Å². The SMILES string of the molecule is COC1(OC(C)C)C=CC(C=O)C=C1. The summed E-state index contributed by atoms with van der Waals surface area (Å²) < 4.78 is 10.9. The molecule has 0 fully saturated rings. The Kier molecular flexibility index (Phi) is 3.61. The van der Waals surface area contributed by atoms with E-state index in [0.717, 1.165) is 6.29 Å². The van der Waals surface area contributed by atoms with Crippen molar-refractivity contribution in [1.82, 2.24) is 0 Å². The molecule has 1 aliphatic rings. The predicted molar refractivity (Wildman–Crippen MR) is 53.8 cm³/mol. The number of ether oxygens (including phenoxy) is 2. The monoisotopic (exact) mass is 196 g/mol. The van der Waals surface area contributed by atoms with E-state index >= 15 is 0 Å². The molecular formula is C11H16O3. The highest BCUT2D eigenvalue weighted by molar-refractivity contribution is 5.60. The van der Waals surface area contributed by atoms with E-state index in [1.54, 1.807) is 31.4 Å². The quantitative estimate of drug-likeness (QED) is 0.390. The zero-order valence-electron chi connectivity index (χ0n) is 8.77. The predicted octanol–water partition coefficient (Wildman–Crippen LogP) is 1.70. The van der Waals surface area contributed by atoms with Crippen LogP contribution in [0.2, 0.25) is 0 Å². The van der Waals surface area contributed by atoms with E-state index in [1.165, 1.54) is 0 Å². The van der Waals surface area contributed by atoms with Crippen molar-refractivity contribution in [2.24, 2.45) is 5.92 Å². The number of aldehydes is 1. The number of hydrogen-bond acceptors (Lipinski definition) is 3. The Hall–Kier alpha value is -0.930. The molecule has 0 saturated heterocycles. The van der Waals surface area contributed by atoms with E-state index in [9.17, 15) is 4.79 Å². The normalized spacial score (nSPS) is 31.0. The molecule has 1 rings (SSSR count). The molecule has 0 amide bonds. The van der Waals surface area contributed by atoms with Gasteiger partial charge in [-0.15, -0.1) is 0 Å². The first-order chi connectivity index (χ1) is 6.62. The fraction of sp³-hybridized carbons (Fsp3) is 0.545. The molecular weight excluding hydrogens is 180 g/mol. The molecule has 0 N–H and O–H groups in total. The fourth-order valence-electron chi connectivity index (χ4n) is 1.33. The summed E-state index contributed by atoms with van der Waals surface area (Å²) in [5, 5.41) is 0. The van der Waals surface area contributed by atoms with Gasteiger partial charge in [0.25, 0.3) is 0 Å². The molecule has 0 heterocycles. The van der Waals surface area contributed by atoms with E-state index in [1.807, 2.05) is 13.8 Å². The smallest absolute Gasteiger partial charge is 0.207 e. The van der Waals surface area contributed by atoms with Crippen molar-refractivity contribution in [2.45, 2.75) is 25.7 Å². The summed E-state index contributed by atoms with van der Waals surface area (Å²) >= 11 is 0. The third kappa shape index (κ3) is 2.53. The Bertz CT molecular complexity index is 239. The summed E-state index contributed by atoms with van der Waals surface area (Å²) in [5.41, 5.74) is 0. The summed E-state index contributed by atoms with van der Waals surface area (Å²) in [5.74, 6) is -0.956. The standard InChI is InChI=1S/C11H16O3/c1-9(2)14-11(13-3)6-4-10(8-12)5-7-11/h4-10H,1-3H3.